The fourth-order valence-electron chi connectivity index (χ4n) is 5.21. The van der Waals surface area contributed by atoms with Crippen LogP contribution in [-0.4, -0.2) is 64.7 Å². The van der Waals surface area contributed by atoms with Gasteiger partial charge in [0.1, 0.15) is 0 Å². The van der Waals surface area contributed by atoms with Crippen LogP contribution in [-0.2, 0) is 9.59 Å². The second-order valence-corrected chi connectivity index (χ2v) is 9.18. The van der Waals surface area contributed by atoms with Crippen molar-refractivity contribution in [3.63, 3.8) is 0 Å². The summed E-state index contributed by atoms with van der Waals surface area (Å²) in [6, 6.07) is 0. The Morgan fingerprint density at radius 1 is 0.897 bits per heavy atom. The van der Waals surface area contributed by atoms with Gasteiger partial charge in [-0.2, -0.15) is 13.2 Å². The molecule has 8 heteroatoms. The summed E-state index contributed by atoms with van der Waals surface area (Å²) < 4.78 is 31.7. The number of hydrogen-bond donors (Lipinski definition) is 1. The molecule has 0 bridgehead atoms. The Balaban J connectivity index is 0.000000298. The molecule has 2 aliphatic heterocycles. The summed E-state index contributed by atoms with van der Waals surface area (Å²) in [5.74, 6) is -0.917. The number of carbonyl (C=O) groups excluding carboxylic acids is 1. The van der Waals surface area contributed by atoms with E-state index < -0.39 is 12.1 Å². The first kappa shape index (κ1) is 22.4. The molecule has 0 atom stereocenters. The predicted molar refractivity (Wildman–Crippen MR) is 102 cm³/mol. The van der Waals surface area contributed by atoms with Crippen molar-refractivity contribution >= 4 is 11.9 Å². The molecule has 0 radical (unpaired) electrons. The Morgan fingerprint density at radius 2 is 1.48 bits per heavy atom. The van der Waals surface area contributed by atoms with Gasteiger partial charge in [0.25, 0.3) is 0 Å². The lowest BCUT2D eigenvalue weighted by molar-refractivity contribution is -0.192. The first-order chi connectivity index (χ1) is 13.7. The van der Waals surface area contributed by atoms with E-state index in [4.69, 9.17) is 9.90 Å². The summed E-state index contributed by atoms with van der Waals surface area (Å²) in [5.41, 5.74) is 0.464. The minimum atomic E-state index is -5.08. The maximum Gasteiger partial charge on any atom is 0.490 e. The van der Waals surface area contributed by atoms with Gasteiger partial charge in [-0.1, -0.05) is 19.3 Å². The van der Waals surface area contributed by atoms with Crippen molar-refractivity contribution in [2.45, 2.75) is 82.3 Å². The number of carboxylic acids is 1. The van der Waals surface area contributed by atoms with E-state index in [0.717, 1.165) is 31.8 Å². The van der Waals surface area contributed by atoms with Gasteiger partial charge in [-0.3, -0.25) is 9.69 Å². The number of alkyl halides is 3. The van der Waals surface area contributed by atoms with Crippen LogP contribution in [0.15, 0.2) is 0 Å². The van der Waals surface area contributed by atoms with Gasteiger partial charge < -0.3 is 10.0 Å². The first-order valence-electron chi connectivity index (χ1n) is 11.1. The van der Waals surface area contributed by atoms with Gasteiger partial charge in [0, 0.05) is 31.1 Å². The number of aliphatic carboxylic acids is 1. The number of nitrogens with zero attached hydrogens (tertiary/aromatic N) is 2. The number of carbonyl (C=O) groups is 2. The number of hydrogen-bond acceptors (Lipinski definition) is 3. The molecule has 5 nitrogen and oxygen atoms in total. The van der Waals surface area contributed by atoms with Crippen LogP contribution in [0.2, 0.25) is 0 Å². The lowest BCUT2D eigenvalue weighted by Crippen LogP contribution is -2.54. The standard InChI is InChI=1S/C19H32N2O.C2HF3O2/c22-18(17-5-2-1-3-6-17)20-13-10-19(11-14-20)9-4-12-21(19)15-16-7-8-16;3-2(4,5)1(6)7/h16-17H,1-15H2;(H,6,7). The Hall–Kier alpha value is -1.31. The molecule has 2 saturated heterocycles. The quantitative estimate of drug-likeness (QED) is 0.751. The maximum absolute atomic E-state index is 12.7. The van der Waals surface area contributed by atoms with E-state index in [0.29, 0.717) is 17.4 Å². The Labute approximate surface area is 170 Å². The van der Waals surface area contributed by atoms with Crippen molar-refractivity contribution in [3.8, 4) is 0 Å². The van der Waals surface area contributed by atoms with Gasteiger partial charge in [-0.15, -0.1) is 0 Å². The van der Waals surface area contributed by atoms with Crippen molar-refractivity contribution in [1.29, 1.82) is 0 Å². The number of carboxylic acid groups (broad SMARTS) is 1. The highest BCUT2D eigenvalue weighted by Crippen LogP contribution is 2.42. The van der Waals surface area contributed by atoms with Crippen LogP contribution in [0.4, 0.5) is 13.2 Å². The zero-order valence-corrected chi connectivity index (χ0v) is 17.1. The van der Waals surface area contributed by atoms with Crippen molar-refractivity contribution in [2.75, 3.05) is 26.2 Å². The molecule has 0 aromatic carbocycles. The van der Waals surface area contributed by atoms with Crippen LogP contribution in [0.5, 0.6) is 0 Å². The average molecular weight is 419 g/mol. The van der Waals surface area contributed by atoms with Crippen LogP contribution in [0.25, 0.3) is 0 Å². The smallest absolute Gasteiger partial charge is 0.475 e. The molecular formula is C21H33F3N2O3. The monoisotopic (exact) mass is 418 g/mol. The second kappa shape index (κ2) is 9.23. The molecule has 2 heterocycles. The van der Waals surface area contributed by atoms with Gasteiger partial charge in [0.2, 0.25) is 5.91 Å². The Morgan fingerprint density at radius 3 is 2.00 bits per heavy atom. The molecule has 29 heavy (non-hydrogen) atoms. The molecule has 2 aliphatic carbocycles. The summed E-state index contributed by atoms with van der Waals surface area (Å²) in [6.07, 6.45) is 9.22. The van der Waals surface area contributed by atoms with E-state index in [1.807, 2.05) is 0 Å². The maximum atomic E-state index is 12.7. The molecule has 0 aromatic rings. The normalized spacial score (nSPS) is 25.6. The molecule has 1 amide bonds. The van der Waals surface area contributed by atoms with Crippen molar-refractivity contribution in [2.24, 2.45) is 11.8 Å². The Kier molecular flexibility index (Phi) is 7.12. The van der Waals surface area contributed by atoms with Crippen molar-refractivity contribution in [1.82, 2.24) is 9.80 Å². The molecule has 1 spiro atoms. The lowest BCUT2D eigenvalue weighted by atomic mass is 9.83. The highest BCUT2D eigenvalue weighted by atomic mass is 19.4. The Bertz CT molecular complexity index is 578. The molecule has 1 N–H and O–H groups in total. The number of amides is 1. The average Bonchev–Trinajstić information content (AvgIpc) is 3.44. The highest BCUT2D eigenvalue weighted by molar-refractivity contribution is 5.79. The van der Waals surface area contributed by atoms with E-state index in [1.165, 1.54) is 70.9 Å². The largest absolute Gasteiger partial charge is 0.490 e. The number of likely N-dealkylation sites (tertiary alicyclic amines) is 2. The number of rotatable bonds is 3. The molecule has 4 rings (SSSR count). The van der Waals surface area contributed by atoms with Gasteiger partial charge in [0.05, 0.1) is 0 Å². The minimum absolute atomic E-state index is 0.356. The third-order valence-electron chi connectivity index (χ3n) is 7.12. The van der Waals surface area contributed by atoms with E-state index >= 15 is 0 Å². The third-order valence-corrected chi connectivity index (χ3v) is 7.12. The van der Waals surface area contributed by atoms with E-state index in [9.17, 15) is 18.0 Å². The van der Waals surface area contributed by atoms with Crippen molar-refractivity contribution in [3.05, 3.63) is 0 Å². The van der Waals surface area contributed by atoms with Gasteiger partial charge in [-0.05, 0) is 63.8 Å². The SMILES string of the molecule is O=C(C1CCCCC1)N1CCC2(CCCN2CC2CC2)CC1.O=C(O)C(F)(F)F. The second-order valence-electron chi connectivity index (χ2n) is 9.18. The van der Waals surface area contributed by atoms with E-state index in [1.54, 1.807) is 0 Å². The van der Waals surface area contributed by atoms with E-state index in [-0.39, 0.29) is 0 Å². The van der Waals surface area contributed by atoms with E-state index in [2.05, 4.69) is 9.80 Å². The molecular weight excluding hydrogens is 385 g/mol. The number of piperidine rings is 1. The predicted octanol–water partition coefficient (Wildman–Crippen LogP) is 4.07. The van der Waals surface area contributed by atoms with Crippen LogP contribution < -0.4 is 0 Å². The van der Waals surface area contributed by atoms with Crippen LogP contribution >= 0.6 is 0 Å². The molecule has 0 unspecified atom stereocenters. The van der Waals surface area contributed by atoms with Gasteiger partial charge >= 0.3 is 12.1 Å². The topological polar surface area (TPSA) is 60.9 Å². The summed E-state index contributed by atoms with van der Waals surface area (Å²) in [6.45, 7) is 4.71. The van der Waals surface area contributed by atoms with Gasteiger partial charge in [-0.25, -0.2) is 4.79 Å². The number of halogens is 3. The van der Waals surface area contributed by atoms with Gasteiger partial charge in [0.15, 0.2) is 0 Å². The summed E-state index contributed by atoms with van der Waals surface area (Å²) in [5, 5.41) is 7.12. The first-order valence-corrected chi connectivity index (χ1v) is 11.1. The fourth-order valence-corrected chi connectivity index (χ4v) is 5.21. The molecule has 2 saturated carbocycles. The van der Waals surface area contributed by atoms with Crippen molar-refractivity contribution < 1.29 is 27.9 Å². The summed E-state index contributed by atoms with van der Waals surface area (Å²) >= 11 is 0. The minimum Gasteiger partial charge on any atom is -0.475 e. The highest BCUT2D eigenvalue weighted by Gasteiger charge is 2.45. The zero-order valence-electron chi connectivity index (χ0n) is 17.1. The molecule has 166 valence electrons. The third kappa shape index (κ3) is 5.86. The van der Waals surface area contributed by atoms with Crippen LogP contribution in [0.1, 0.15) is 70.6 Å². The molecule has 4 fully saturated rings. The van der Waals surface area contributed by atoms with Crippen LogP contribution in [0.3, 0.4) is 0 Å². The summed E-state index contributed by atoms with van der Waals surface area (Å²) in [7, 11) is 0. The molecule has 4 aliphatic rings. The van der Waals surface area contributed by atoms with Crippen LogP contribution in [0, 0.1) is 11.8 Å². The summed E-state index contributed by atoms with van der Waals surface area (Å²) in [4.78, 5) is 26.7. The molecule has 0 aromatic heterocycles. The fraction of sp³-hybridized carbons (Fsp3) is 0.905. The zero-order chi connectivity index (χ0) is 21.1. The lowest BCUT2D eigenvalue weighted by Gasteiger charge is -2.46.